The van der Waals surface area contributed by atoms with Crippen molar-refractivity contribution in [3.8, 4) is 5.75 Å². The molecule has 158 valence electrons. The minimum absolute atomic E-state index is 0.0558. The molecule has 0 bridgehead atoms. The molecule has 0 radical (unpaired) electrons. The SMILES string of the molecule is CCC(CS(=O)(=O)c1ccccc1)NC(=NC)NC(C)c1ccc(OC)c(F)c1. The lowest BCUT2D eigenvalue weighted by molar-refractivity contribution is 0.386. The molecule has 0 heterocycles. The molecular weight excluding hydrogens is 393 g/mol. The summed E-state index contributed by atoms with van der Waals surface area (Å²) in [5.41, 5.74) is 0.719. The van der Waals surface area contributed by atoms with E-state index < -0.39 is 15.7 Å². The third-order valence-electron chi connectivity index (χ3n) is 4.61. The highest BCUT2D eigenvalue weighted by Crippen LogP contribution is 2.21. The summed E-state index contributed by atoms with van der Waals surface area (Å²) in [4.78, 5) is 4.48. The molecule has 6 nitrogen and oxygen atoms in total. The molecule has 0 aliphatic rings. The summed E-state index contributed by atoms with van der Waals surface area (Å²) in [5.74, 6) is 0.131. The van der Waals surface area contributed by atoms with Crippen molar-refractivity contribution in [3.63, 3.8) is 0 Å². The largest absolute Gasteiger partial charge is 0.494 e. The third-order valence-corrected chi connectivity index (χ3v) is 6.44. The van der Waals surface area contributed by atoms with Crippen LogP contribution in [0.3, 0.4) is 0 Å². The van der Waals surface area contributed by atoms with Gasteiger partial charge in [-0.05, 0) is 43.2 Å². The molecule has 2 rings (SSSR count). The fourth-order valence-electron chi connectivity index (χ4n) is 2.85. The van der Waals surface area contributed by atoms with Crippen LogP contribution in [-0.4, -0.2) is 40.3 Å². The van der Waals surface area contributed by atoms with Crippen molar-refractivity contribution in [1.29, 1.82) is 0 Å². The van der Waals surface area contributed by atoms with E-state index in [1.54, 1.807) is 49.5 Å². The van der Waals surface area contributed by atoms with Gasteiger partial charge in [0.2, 0.25) is 0 Å². The topological polar surface area (TPSA) is 79.8 Å². The second-order valence-corrected chi connectivity index (χ2v) is 8.71. The van der Waals surface area contributed by atoms with E-state index in [-0.39, 0.29) is 23.6 Å². The van der Waals surface area contributed by atoms with E-state index in [0.717, 1.165) is 5.56 Å². The Bertz CT molecular complexity index is 933. The van der Waals surface area contributed by atoms with Crippen molar-refractivity contribution in [1.82, 2.24) is 10.6 Å². The van der Waals surface area contributed by atoms with E-state index in [9.17, 15) is 12.8 Å². The summed E-state index contributed by atoms with van der Waals surface area (Å²) in [6.07, 6.45) is 0.596. The van der Waals surface area contributed by atoms with Crippen LogP contribution in [0.2, 0.25) is 0 Å². The molecule has 0 aromatic heterocycles. The molecule has 2 N–H and O–H groups in total. The number of rotatable bonds is 8. The smallest absolute Gasteiger partial charge is 0.191 e. The van der Waals surface area contributed by atoms with Gasteiger partial charge in [0.25, 0.3) is 0 Å². The molecule has 2 aromatic rings. The van der Waals surface area contributed by atoms with Gasteiger partial charge in [0.1, 0.15) is 0 Å². The summed E-state index contributed by atoms with van der Waals surface area (Å²) < 4.78 is 44.2. The lowest BCUT2D eigenvalue weighted by atomic mass is 10.1. The number of hydrogen-bond acceptors (Lipinski definition) is 4. The number of hydrogen-bond donors (Lipinski definition) is 2. The fourth-order valence-corrected chi connectivity index (χ4v) is 4.47. The molecule has 0 saturated carbocycles. The van der Waals surface area contributed by atoms with Crippen LogP contribution in [0.25, 0.3) is 0 Å². The monoisotopic (exact) mass is 421 g/mol. The quantitative estimate of drug-likeness (QED) is 0.505. The number of nitrogens with zero attached hydrogens (tertiary/aromatic N) is 1. The minimum atomic E-state index is -3.43. The van der Waals surface area contributed by atoms with Gasteiger partial charge in [-0.1, -0.05) is 31.2 Å². The van der Waals surface area contributed by atoms with Crippen LogP contribution in [0.4, 0.5) is 4.39 Å². The second kappa shape index (κ2) is 10.2. The number of nitrogens with one attached hydrogen (secondary N) is 2. The van der Waals surface area contributed by atoms with E-state index in [2.05, 4.69) is 15.6 Å². The predicted molar refractivity (Wildman–Crippen MR) is 114 cm³/mol. The maximum absolute atomic E-state index is 14.0. The number of benzene rings is 2. The van der Waals surface area contributed by atoms with E-state index in [4.69, 9.17) is 4.74 Å². The molecule has 8 heteroatoms. The standard InChI is InChI=1S/C21H28FN3O3S/c1-5-17(14-29(26,27)18-9-7-6-8-10-18)25-21(23-3)24-15(2)16-11-12-20(28-4)19(22)13-16/h6-13,15,17H,5,14H2,1-4H3,(H2,23,24,25). The Hall–Kier alpha value is -2.61. The van der Waals surface area contributed by atoms with Crippen molar-refractivity contribution < 1.29 is 17.5 Å². The zero-order chi connectivity index (χ0) is 21.4. The highest BCUT2D eigenvalue weighted by molar-refractivity contribution is 7.91. The summed E-state index contributed by atoms with van der Waals surface area (Å²) in [6, 6.07) is 12.5. The first kappa shape index (κ1) is 22.7. The van der Waals surface area contributed by atoms with Crippen molar-refractivity contribution in [3.05, 3.63) is 59.9 Å². The Morgan fingerprint density at radius 3 is 2.41 bits per heavy atom. The average molecular weight is 422 g/mol. The summed E-state index contributed by atoms with van der Waals surface area (Å²) >= 11 is 0. The lowest BCUT2D eigenvalue weighted by Gasteiger charge is -2.23. The van der Waals surface area contributed by atoms with E-state index >= 15 is 0 Å². The molecule has 0 spiro atoms. The number of halogens is 1. The van der Waals surface area contributed by atoms with Gasteiger partial charge in [0.15, 0.2) is 27.4 Å². The summed E-state index contributed by atoms with van der Waals surface area (Å²) in [6.45, 7) is 3.78. The Morgan fingerprint density at radius 1 is 1.17 bits per heavy atom. The van der Waals surface area contributed by atoms with E-state index in [1.807, 2.05) is 13.8 Å². The van der Waals surface area contributed by atoms with Crippen LogP contribution in [0.15, 0.2) is 58.4 Å². The van der Waals surface area contributed by atoms with Gasteiger partial charge in [-0.25, -0.2) is 12.8 Å². The fraction of sp³-hybridized carbons (Fsp3) is 0.381. The third kappa shape index (κ3) is 6.19. The van der Waals surface area contributed by atoms with Gasteiger partial charge < -0.3 is 15.4 Å². The Kier molecular flexibility index (Phi) is 8.01. The van der Waals surface area contributed by atoms with Crippen LogP contribution in [0.1, 0.15) is 31.9 Å². The molecule has 0 amide bonds. The number of ether oxygens (including phenoxy) is 1. The van der Waals surface area contributed by atoms with Crippen molar-refractivity contribution >= 4 is 15.8 Å². The van der Waals surface area contributed by atoms with Crippen LogP contribution >= 0.6 is 0 Å². The van der Waals surface area contributed by atoms with Gasteiger partial charge >= 0.3 is 0 Å². The van der Waals surface area contributed by atoms with E-state index in [1.165, 1.54) is 13.2 Å². The minimum Gasteiger partial charge on any atom is -0.494 e. The molecule has 2 unspecified atom stereocenters. The van der Waals surface area contributed by atoms with Gasteiger partial charge in [-0.3, -0.25) is 4.99 Å². The lowest BCUT2D eigenvalue weighted by Crippen LogP contribution is -2.46. The number of aliphatic imine (C=N–C) groups is 1. The first-order valence-electron chi connectivity index (χ1n) is 9.41. The Balaban J connectivity index is 2.06. The molecule has 29 heavy (non-hydrogen) atoms. The van der Waals surface area contributed by atoms with Gasteiger partial charge in [-0.2, -0.15) is 0 Å². The summed E-state index contributed by atoms with van der Waals surface area (Å²) in [5, 5.41) is 6.33. The van der Waals surface area contributed by atoms with Crippen LogP contribution in [0, 0.1) is 5.82 Å². The molecule has 2 atom stereocenters. The van der Waals surface area contributed by atoms with Crippen LogP contribution < -0.4 is 15.4 Å². The summed E-state index contributed by atoms with van der Waals surface area (Å²) in [7, 11) is -0.405. The highest BCUT2D eigenvalue weighted by atomic mass is 32.2. The molecule has 2 aromatic carbocycles. The van der Waals surface area contributed by atoms with Crippen molar-refractivity contribution in [2.75, 3.05) is 19.9 Å². The van der Waals surface area contributed by atoms with E-state index in [0.29, 0.717) is 17.3 Å². The molecule has 0 aliphatic heterocycles. The molecule has 0 fully saturated rings. The number of guanidine groups is 1. The second-order valence-electron chi connectivity index (χ2n) is 6.68. The average Bonchev–Trinajstić information content (AvgIpc) is 2.72. The molecular formula is C21H28FN3O3S. The normalized spacial score (nSPS) is 14.2. The van der Waals surface area contributed by atoms with Gasteiger partial charge in [0.05, 0.1) is 23.8 Å². The first-order chi connectivity index (χ1) is 13.8. The molecule has 0 saturated heterocycles. The zero-order valence-electron chi connectivity index (χ0n) is 17.1. The van der Waals surface area contributed by atoms with Crippen LogP contribution in [-0.2, 0) is 9.84 Å². The Labute approximate surface area is 172 Å². The highest BCUT2D eigenvalue weighted by Gasteiger charge is 2.21. The zero-order valence-corrected chi connectivity index (χ0v) is 18.0. The number of sulfone groups is 1. The van der Waals surface area contributed by atoms with Gasteiger partial charge in [-0.15, -0.1) is 0 Å². The number of methoxy groups -OCH3 is 1. The van der Waals surface area contributed by atoms with Crippen LogP contribution in [0.5, 0.6) is 5.75 Å². The molecule has 0 aliphatic carbocycles. The maximum Gasteiger partial charge on any atom is 0.191 e. The van der Waals surface area contributed by atoms with Crippen molar-refractivity contribution in [2.45, 2.75) is 37.2 Å². The Morgan fingerprint density at radius 2 is 1.86 bits per heavy atom. The predicted octanol–water partition coefficient (Wildman–Crippen LogP) is 3.31. The maximum atomic E-state index is 14.0. The van der Waals surface area contributed by atoms with Crippen molar-refractivity contribution in [2.24, 2.45) is 4.99 Å². The van der Waals surface area contributed by atoms with Gasteiger partial charge in [0, 0.05) is 13.1 Å². The first-order valence-corrected chi connectivity index (χ1v) is 11.1.